The molecule has 0 atom stereocenters. The van der Waals surface area contributed by atoms with E-state index in [0.717, 1.165) is 38.5 Å². The molecule has 0 unspecified atom stereocenters. The van der Waals surface area contributed by atoms with Gasteiger partial charge in [0.25, 0.3) is 5.91 Å². The molecule has 1 amide bonds. The molecule has 6 heteroatoms. The Morgan fingerprint density at radius 2 is 2.00 bits per heavy atom. The number of nitrogens with zero attached hydrogens (tertiary/aromatic N) is 4. The highest BCUT2D eigenvalue weighted by atomic mass is 16.2. The van der Waals surface area contributed by atoms with Crippen molar-refractivity contribution in [3.63, 3.8) is 0 Å². The lowest BCUT2D eigenvalue weighted by atomic mass is 10.2. The number of piperazine rings is 1. The summed E-state index contributed by atoms with van der Waals surface area (Å²) < 4.78 is 0. The number of H-pyrrole nitrogens is 1. The van der Waals surface area contributed by atoms with Gasteiger partial charge in [-0.05, 0) is 6.54 Å². The Kier molecular flexibility index (Phi) is 3.96. The van der Waals surface area contributed by atoms with Crippen LogP contribution in [-0.2, 0) is 0 Å². The maximum atomic E-state index is 12.2. The van der Waals surface area contributed by atoms with Crippen molar-refractivity contribution in [3.05, 3.63) is 11.6 Å². The maximum absolute atomic E-state index is 12.2. The standard InChI is InChI=1S/C12H21N5O/c1-4-16-5-7-17(8-6-16)12(18)11-13-10(9(2)3)14-15-11/h9H,4-8H2,1-3H3,(H,13,14,15). The van der Waals surface area contributed by atoms with Gasteiger partial charge in [0.2, 0.25) is 5.82 Å². The van der Waals surface area contributed by atoms with Crippen molar-refractivity contribution in [1.29, 1.82) is 0 Å². The summed E-state index contributed by atoms with van der Waals surface area (Å²) in [5, 5.41) is 6.84. The van der Waals surface area contributed by atoms with Gasteiger partial charge in [0.05, 0.1) is 0 Å². The normalized spacial score (nSPS) is 17.4. The smallest absolute Gasteiger partial charge is 0.293 e. The van der Waals surface area contributed by atoms with E-state index in [1.165, 1.54) is 0 Å². The van der Waals surface area contributed by atoms with Crippen LogP contribution in [0.1, 0.15) is 43.1 Å². The topological polar surface area (TPSA) is 65.1 Å². The van der Waals surface area contributed by atoms with Gasteiger partial charge in [-0.25, -0.2) is 4.98 Å². The maximum Gasteiger partial charge on any atom is 0.293 e. The molecule has 0 saturated carbocycles. The predicted octanol–water partition coefficient (Wildman–Crippen LogP) is 0.706. The largest absolute Gasteiger partial charge is 0.333 e. The summed E-state index contributed by atoms with van der Waals surface area (Å²) in [5.41, 5.74) is 0. The summed E-state index contributed by atoms with van der Waals surface area (Å²) >= 11 is 0. The van der Waals surface area contributed by atoms with Crippen LogP contribution >= 0.6 is 0 Å². The highest BCUT2D eigenvalue weighted by Crippen LogP contribution is 2.10. The first-order chi connectivity index (χ1) is 8.61. The lowest BCUT2D eigenvalue weighted by molar-refractivity contribution is 0.0631. The Morgan fingerprint density at radius 3 is 2.50 bits per heavy atom. The Labute approximate surface area is 107 Å². The lowest BCUT2D eigenvalue weighted by Gasteiger charge is -2.33. The SMILES string of the molecule is CCN1CCN(C(=O)c2n[nH]c(C(C)C)n2)CC1. The van der Waals surface area contributed by atoms with E-state index in [-0.39, 0.29) is 11.8 Å². The van der Waals surface area contributed by atoms with E-state index >= 15 is 0 Å². The first kappa shape index (κ1) is 13.0. The molecule has 0 aromatic carbocycles. The van der Waals surface area contributed by atoms with Crippen LogP contribution in [0.2, 0.25) is 0 Å². The number of amides is 1. The average Bonchev–Trinajstić information content (AvgIpc) is 2.88. The van der Waals surface area contributed by atoms with E-state index < -0.39 is 0 Å². The van der Waals surface area contributed by atoms with E-state index in [1.54, 1.807) is 0 Å². The fourth-order valence-electron chi connectivity index (χ4n) is 2.04. The molecule has 2 heterocycles. The first-order valence-corrected chi connectivity index (χ1v) is 6.55. The van der Waals surface area contributed by atoms with Gasteiger partial charge >= 0.3 is 0 Å². The molecule has 0 bridgehead atoms. The second-order valence-electron chi connectivity index (χ2n) is 4.93. The molecule has 0 spiro atoms. The Bertz CT molecular complexity index is 406. The number of nitrogens with one attached hydrogen (secondary N) is 1. The number of carbonyl (C=O) groups is 1. The number of aromatic nitrogens is 3. The molecule has 18 heavy (non-hydrogen) atoms. The van der Waals surface area contributed by atoms with Crippen LogP contribution in [0.4, 0.5) is 0 Å². The number of rotatable bonds is 3. The van der Waals surface area contributed by atoms with Gasteiger partial charge in [0.15, 0.2) is 0 Å². The van der Waals surface area contributed by atoms with Crippen LogP contribution < -0.4 is 0 Å². The predicted molar refractivity (Wildman–Crippen MR) is 68.5 cm³/mol. The monoisotopic (exact) mass is 251 g/mol. The molecule has 1 aliphatic heterocycles. The molecule has 1 aromatic rings. The van der Waals surface area contributed by atoms with Crippen molar-refractivity contribution in [2.45, 2.75) is 26.7 Å². The summed E-state index contributed by atoms with van der Waals surface area (Å²) in [6, 6.07) is 0. The molecule has 1 N–H and O–H groups in total. The second-order valence-corrected chi connectivity index (χ2v) is 4.93. The summed E-state index contributed by atoms with van der Waals surface area (Å²) in [5.74, 6) is 1.26. The lowest BCUT2D eigenvalue weighted by Crippen LogP contribution is -2.48. The highest BCUT2D eigenvalue weighted by molar-refractivity contribution is 5.90. The van der Waals surface area contributed by atoms with Crippen LogP contribution in [0.3, 0.4) is 0 Å². The quantitative estimate of drug-likeness (QED) is 0.859. The molecule has 1 aliphatic rings. The minimum atomic E-state index is -0.0612. The zero-order valence-electron chi connectivity index (χ0n) is 11.3. The number of hydrogen-bond donors (Lipinski definition) is 1. The van der Waals surface area contributed by atoms with Crippen molar-refractivity contribution in [1.82, 2.24) is 25.0 Å². The number of aromatic amines is 1. The van der Waals surface area contributed by atoms with Gasteiger partial charge < -0.3 is 9.80 Å². The molecular formula is C12H21N5O. The molecule has 1 aromatic heterocycles. The molecule has 0 radical (unpaired) electrons. The Balaban J connectivity index is 1.98. The van der Waals surface area contributed by atoms with E-state index in [0.29, 0.717) is 5.82 Å². The van der Waals surface area contributed by atoms with Crippen LogP contribution in [0.25, 0.3) is 0 Å². The molecule has 1 saturated heterocycles. The zero-order chi connectivity index (χ0) is 13.1. The van der Waals surface area contributed by atoms with Crippen molar-refractivity contribution in [2.24, 2.45) is 0 Å². The third-order valence-electron chi connectivity index (χ3n) is 3.35. The van der Waals surface area contributed by atoms with Crippen molar-refractivity contribution >= 4 is 5.91 Å². The van der Waals surface area contributed by atoms with Crippen molar-refractivity contribution in [2.75, 3.05) is 32.7 Å². The number of hydrogen-bond acceptors (Lipinski definition) is 4. The molecular weight excluding hydrogens is 230 g/mol. The van der Waals surface area contributed by atoms with E-state index in [9.17, 15) is 4.79 Å². The van der Waals surface area contributed by atoms with Crippen LogP contribution in [0, 0.1) is 0 Å². The molecule has 0 aliphatic carbocycles. The second kappa shape index (κ2) is 5.48. The van der Waals surface area contributed by atoms with Gasteiger partial charge in [0, 0.05) is 32.1 Å². The fourth-order valence-corrected chi connectivity index (χ4v) is 2.04. The minimum absolute atomic E-state index is 0.0612. The third kappa shape index (κ3) is 2.69. The molecule has 1 fully saturated rings. The van der Waals surface area contributed by atoms with Gasteiger partial charge in [-0.15, -0.1) is 5.10 Å². The molecule has 2 rings (SSSR count). The van der Waals surface area contributed by atoms with E-state index in [1.807, 2.05) is 18.7 Å². The molecule has 100 valence electrons. The summed E-state index contributed by atoms with van der Waals surface area (Å²) in [6.07, 6.45) is 0. The van der Waals surface area contributed by atoms with E-state index in [2.05, 4.69) is 27.0 Å². The van der Waals surface area contributed by atoms with Gasteiger partial charge in [-0.1, -0.05) is 20.8 Å². The van der Waals surface area contributed by atoms with E-state index in [4.69, 9.17) is 0 Å². The van der Waals surface area contributed by atoms with Gasteiger partial charge in [0.1, 0.15) is 5.82 Å². The van der Waals surface area contributed by atoms with Crippen molar-refractivity contribution < 1.29 is 4.79 Å². The summed E-state index contributed by atoms with van der Waals surface area (Å²) in [4.78, 5) is 20.6. The van der Waals surface area contributed by atoms with Gasteiger partial charge in [-0.2, -0.15) is 0 Å². The van der Waals surface area contributed by atoms with Crippen molar-refractivity contribution in [3.8, 4) is 0 Å². The minimum Gasteiger partial charge on any atom is -0.333 e. The Hall–Kier alpha value is -1.43. The summed E-state index contributed by atoms with van der Waals surface area (Å²) in [7, 11) is 0. The fraction of sp³-hybridized carbons (Fsp3) is 0.750. The third-order valence-corrected chi connectivity index (χ3v) is 3.35. The highest BCUT2D eigenvalue weighted by Gasteiger charge is 2.24. The zero-order valence-corrected chi connectivity index (χ0v) is 11.3. The van der Waals surface area contributed by atoms with Gasteiger partial charge in [-0.3, -0.25) is 9.89 Å². The molecule has 6 nitrogen and oxygen atoms in total. The first-order valence-electron chi connectivity index (χ1n) is 6.55. The summed E-state index contributed by atoms with van der Waals surface area (Å²) in [6.45, 7) is 10.6. The van der Waals surface area contributed by atoms with Crippen LogP contribution in [-0.4, -0.2) is 63.6 Å². The number of likely N-dealkylation sites (N-methyl/N-ethyl adjacent to an activating group) is 1. The number of carbonyl (C=O) groups excluding carboxylic acids is 1. The average molecular weight is 251 g/mol. The van der Waals surface area contributed by atoms with Crippen LogP contribution in [0.15, 0.2) is 0 Å². The van der Waals surface area contributed by atoms with Crippen LogP contribution in [0.5, 0.6) is 0 Å². The Morgan fingerprint density at radius 1 is 1.33 bits per heavy atom.